The zero-order valence-corrected chi connectivity index (χ0v) is 11.5. The van der Waals surface area contributed by atoms with Crippen molar-refractivity contribution in [2.75, 3.05) is 30.4 Å². The minimum atomic E-state index is -0.0928. The van der Waals surface area contributed by atoms with Gasteiger partial charge in [0.15, 0.2) is 6.61 Å². The molecule has 0 spiro atoms. The molecule has 1 aliphatic rings. The van der Waals surface area contributed by atoms with Crippen molar-refractivity contribution in [2.45, 2.75) is 0 Å². The quantitative estimate of drug-likeness (QED) is 0.873. The highest BCUT2D eigenvalue weighted by atomic mass is 16.5. The maximum absolute atomic E-state index is 12.0. The van der Waals surface area contributed by atoms with Crippen molar-refractivity contribution >= 4 is 17.3 Å². The topological polar surface area (TPSA) is 64.8 Å². The highest BCUT2D eigenvalue weighted by Crippen LogP contribution is 2.33. The second-order valence-electron chi connectivity index (χ2n) is 4.72. The highest BCUT2D eigenvalue weighted by Gasteiger charge is 2.25. The maximum atomic E-state index is 12.0. The number of nitrogen functional groups attached to an aromatic ring is 1. The van der Waals surface area contributed by atoms with Gasteiger partial charge in [0.1, 0.15) is 18.1 Å². The van der Waals surface area contributed by atoms with Crippen LogP contribution in [0.25, 0.3) is 0 Å². The largest absolute Gasteiger partial charge is 0.492 e. The third kappa shape index (κ3) is 2.91. The van der Waals surface area contributed by atoms with Crippen LogP contribution in [-0.2, 0) is 4.79 Å². The van der Waals surface area contributed by atoms with Crippen molar-refractivity contribution in [3.63, 3.8) is 0 Å². The van der Waals surface area contributed by atoms with E-state index in [4.69, 9.17) is 15.2 Å². The smallest absolute Gasteiger partial charge is 0.265 e. The summed E-state index contributed by atoms with van der Waals surface area (Å²) >= 11 is 0. The Morgan fingerprint density at radius 1 is 1.19 bits per heavy atom. The summed E-state index contributed by atoms with van der Waals surface area (Å²) in [5.74, 6) is 1.36. The average Bonchev–Trinajstić information content (AvgIpc) is 2.50. The molecule has 0 radical (unpaired) electrons. The summed E-state index contributed by atoms with van der Waals surface area (Å²) in [6.45, 7) is 0.903. The third-order valence-electron chi connectivity index (χ3n) is 3.25. The number of amides is 1. The molecule has 5 heteroatoms. The summed E-state index contributed by atoms with van der Waals surface area (Å²) in [7, 11) is 0. The zero-order valence-electron chi connectivity index (χ0n) is 11.5. The number of ether oxygens (including phenoxy) is 2. The first-order chi connectivity index (χ1) is 10.2. The van der Waals surface area contributed by atoms with Gasteiger partial charge in [0.05, 0.1) is 12.2 Å². The number of fused-ring (bicyclic) bond motifs is 1. The number of hydrogen-bond acceptors (Lipinski definition) is 4. The van der Waals surface area contributed by atoms with E-state index in [0.29, 0.717) is 30.3 Å². The molecule has 1 heterocycles. The molecule has 0 bridgehead atoms. The molecule has 0 saturated heterocycles. The van der Waals surface area contributed by atoms with Crippen LogP contribution in [0.1, 0.15) is 0 Å². The Balaban J connectivity index is 1.70. The van der Waals surface area contributed by atoms with E-state index in [2.05, 4.69) is 0 Å². The van der Waals surface area contributed by atoms with Crippen LogP contribution < -0.4 is 20.1 Å². The molecule has 0 saturated carbocycles. The van der Waals surface area contributed by atoms with Crippen LogP contribution in [0, 0.1) is 0 Å². The number of nitrogens with zero attached hydrogens (tertiary/aromatic N) is 1. The van der Waals surface area contributed by atoms with Crippen LogP contribution in [-0.4, -0.2) is 25.7 Å². The fraction of sp³-hybridized carbons (Fsp3) is 0.188. The van der Waals surface area contributed by atoms with Crippen LogP contribution in [0.15, 0.2) is 48.5 Å². The van der Waals surface area contributed by atoms with Crippen LogP contribution >= 0.6 is 0 Å². The molecule has 2 aromatic carbocycles. The molecule has 21 heavy (non-hydrogen) atoms. The molecule has 0 aromatic heterocycles. The summed E-state index contributed by atoms with van der Waals surface area (Å²) in [4.78, 5) is 13.7. The fourth-order valence-electron chi connectivity index (χ4n) is 2.24. The van der Waals surface area contributed by atoms with Gasteiger partial charge in [-0.3, -0.25) is 4.79 Å². The number of anilines is 2. The zero-order chi connectivity index (χ0) is 14.7. The number of nitrogens with two attached hydrogens (primary N) is 1. The van der Waals surface area contributed by atoms with Gasteiger partial charge >= 0.3 is 0 Å². The van der Waals surface area contributed by atoms with Gasteiger partial charge in [0.25, 0.3) is 5.91 Å². The second kappa shape index (κ2) is 5.75. The maximum Gasteiger partial charge on any atom is 0.265 e. The summed E-state index contributed by atoms with van der Waals surface area (Å²) in [5, 5.41) is 0. The summed E-state index contributed by atoms with van der Waals surface area (Å²) in [6, 6.07) is 14.8. The number of benzene rings is 2. The number of hydrogen-bond donors (Lipinski definition) is 1. The van der Waals surface area contributed by atoms with Gasteiger partial charge in [-0.05, 0) is 30.3 Å². The molecule has 0 unspecified atom stereocenters. The van der Waals surface area contributed by atoms with E-state index in [-0.39, 0.29) is 12.5 Å². The first-order valence-corrected chi connectivity index (χ1v) is 6.74. The lowest BCUT2D eigenvalue weighted by atomic mass is 10.2. The number of carbonyl (C=O) groups is 1. The molecule has 0 atom stereocenters. The number of carbonyl (C=O) groups excluding carboxylic acids is 1. The summed E-state index contributed by atoms with van der Waals surface area (Å²) in [6.07, 6.45) is 0. The summed E-state index contributed by atoms with van der Waals surface area (Å²) in [5.41, 5.74) is 7.08. The lowest BCUT2D eigenvalue weighted by molar-refractivity contribution is -0.121. The molecule has 5 nitrogen and oxygen atoms in total. The van der Waals surface area contributed by atoms with E-state index in [0.717, 1.165) is 5.75 Å². The van der Waals surface area contributed by atoms with Crippen molar-refractivity contribution in [3.05, 3.63) is 48.5 Å². The number of rotatable bonds is 4. The van der Waals surface area contributed by atoms with Crippen molar-refractivity contribution in [1.82, 2.24) is 0 Å². The molecule has 3 rings (SSSR count). The highest BCUT2D eigenvalue weighted by molar-refractivity contribution is 5.98. The predicted molar refractivity (Wildman–Crippen MR) is 80.6 cm³/mol. The van der Waals surface area contributed by atoms with Gasteiger partial charge in [-0.15, -0.1) is 0 Å². The van der Waals surface area contributed by atoms with Crippen molar-refractivity contribution in [2.24, 2.45) is 0 Å². The Kier molecular flexibility index (Phi) is 3.64. The minimum Gasteiger partial charge on any atom is -0.492 e. The third-order valence-corrected chi connectivity index (χ3v) is 3.25. The monoisotopic (exact) mass is 284 g/mol. The lowest BCUT2D eigenvalue weighted by Crippen LogP contribution is -2.41. The first kappa shape index (κ1) is 13.3. The Morgan fingerprint density at radius 2 is 2.00 bits per heavy atom. The van der Waals surface area contributed by atoms with Gasteiger partial charge in [0.2, 0.25) is 0 Å². The van der Waals surface area contributed by atoms with Gasteiger partial charge in [-0.25, -0.2) is 0 Å². The molecule has 1 amide bonds. The van der Waals surface area contributed by atoms with Gasteiger partial charge in [-0.1, -0.05) is 18.2 Å². The van der Waals surface area contributed by atoms with Gasteiger partial charge in [-0.2, -0.15) is 0 Å². The standard InChI is InChI=1S/C16H16N2O3/c17-12-6-7-15-14(10-12)18(16(19)11-21-15)8-9-20-13-4-2-1-3-5-13/h1-7,10H,8-9,11,17H2. The molecule has 1 aliphatic heterocycles. The lowest BCUT2D eigenvalue weighted by Gasteiger charge is -2.29. The van der Waals surface area contributed by atoms with Crippen LogP contribution in [0.5, 0.6) is 11.5 Å². The van der Waals surface area contributed by atoms with Crippen LogP contribution in [0.4, 0.5) is 11.4 Å². The fourth-order valence-corrected chi connectivity index (χ4v) is 2.24. The Hall–Kier alpha value is -2.69. The average molecular weight is 284 g/mol. The van der Waals surface area contributed by atoms with Gasteiger partial charge < -0.3 is 20.1 Å². The second-order valence-corrected chi connectivity index (χ2v) is 4.72. The SMILES string of the molecule is Nc1ccc2c(c1)N(CCOc1ccccc1)C(=O)CO2. The summed E-state index contributed by atoms with van der Waals surface area (Å²) < 4.78 is 11.0. The van der Waals surface area contributed by atoms with E-state index in [1.807, 2.05) is 30.3 Å². The van der Waals surface area contributed by atoms with E-state index >= 15 is 0 Å². The van der Waals surface area contributed by atoms with E-state index < -0.39 is 0 Å². The Morgan fingerprint density at radius 3 is 2.81 bits per heavy atom. The molecule has 0 aliphatic carbocycles. The minimum absolute atomic E-state index is 0.0439. The van der Waals surface area contributed by atoms with Crippen molar-refractivity contribution in [3.8, 4) is 11.5 Å². The molecule has 2 N–H and O–H groups in total. The van der Waals surface area contributed by atoms with Crippen LogP contribution in [0.2, 0.25) is 0 Å². The normalized spacial score (nSPS) is 13.5. The van der Waals surface area contributed by atoms with Crippen molar-refractivity contribution in [1.29, 1.82) is 0 Å². The Labute approximate surface area is 122 Å². The molecular weight excluding hydrogens is 268 g/mol. The Bertz CT molecular complexity index is 643. The van der Waals surface area contributed by atoms with E-state index in [9.17, 15) is 4.79 Å². The molecule has 108 valence electrons. The van der Waals surface area contributed by atoms with Crippen LogP contribution in [0.3, 0.4) is 0 Å². The number of para-hydroxylation sites is 1. The van der Waals surface area contributed by atoms with E-state index in [1.54, 1.807) is 23.1 Å². The molecule has 0 fully saturated rings. The predicted octanol–water partition coefficient (Wildman–Crippen LogP) is 2.07. The first-order valence-electron chi connectivity index (χ1n) is 6.74. The van der Waals surface area contributed by atoms with E-state index in [1.165, 1.54) is 0 Å². The van der Waals surface area contributed by atoms with Crippen molar-refractivity contribution < 1.29 is 14.3 Å². The molecule has 2 aromatic rings. The molecular formula is C16H16N2O3. The van der Waals surface area contributed by atoms with Gasteiger partial charge in [0, 0.05) is 5.69 Å².